The number of aromatic nitrogens is 3. The summed E-state index contributed by atoms with van der Waals surface area (Å²) in [5, 5.41) is 3.79. The number of nitrogens with zero attached hydrogens (tertiary/aromatic N) is 4. The molecule has 3 heterocycles. The molecule has 2 atom stereocenters. The second kappa shape index (κ2) is 6.74. The fourth-order valence-corrected chi connectivity index (χ4v) is 2.53. The summed E-state index contributed by atoms with van der Waals surface area (Å²) < 4.78 is 16.3. The fourth-order valence-electron chi connectivity index (χ4n) is 2.53. The van der Waals surface area contributed by atoms with Gasteiger partial charge in [0.2, 0.25) is 0 Å². The average molecular weight is 318 g/mol. The topological polar surface area (TPSA) is 90.6 Å². The van der Waals surface area contributed by atoms with Crippen LogP contribution in [0, 0.1) is 6.92 Å². The first kappa shape index (κ1) is 15.4. The van der Waals surface area contributed by atoms with Gasteiger partial charge in [0.15, 0.2) is 12.4 Å². The van der Waals surface area contributed by atoms with Crippen molar-refractivity contribution in [1.29, 1.82) is 0 Å². The van der Waals surface area contributed by atoms with Crippen LogP contribution < -0.4 is 4.74 Å². The van der Waals surface area contributed by atoms with Crippen molar-refractivity contribution in [1.82, 2.24) is 20.0 Å². The highest BCUT2D eigenvalue weighted by Crippen LogP contribution is 2.28. The number of morpholine rings is 1. The van der Waals surface area contributed by atoms with E-state index >= 15 is 0 Å². The zero-order chi connectivity index (χ0) is 16.2. The summed E-state index contributed by atoms with van der Waals surface area (Å²) in [5.74, 6) is 1.29. The molecule has 0 bridgehead atoms. The number of aryl methyl sites for hydroxylation is 1. The van der Waals surface area contributed by atoms with Crippen LogP contribution in [0.25, 0.3) is 0 Å². The molecule has 8 nitrogen and oxygen atoms in total. The Balaban J connectivity index is 1.71. The molecule has 1 amide bonds. The van der Waals surface area contributed by atoms with E-state index in [-0.39, 0.29) is 18.6 Å². The van der Waals surface area contributed by atoms with Crippen LogP contribution in [0.3, 0.4) is 0 Å². The number of carbonyl (C=O) groups excluding carboxylic acids is 1. The van der Waals surface area contributed by atoms with E-state index in [9.17, 15) is 4.79 Å². The molecule has 8 heteroatoms. The van der Waals surface area contributed by atoms with Gasteiger partial charge in [0.25, 0.3) is 11.8 Å². The van der Waals surface area contributed by atoms with Gasteiger partial charge < -0.3 is 18.9 Å². The minimum atomic E-state index is -0.407. The maximum absolute atomic E-state index is 12.5. The van der Waals surface area contributed by atoms with Gasteiger partial charge in [0, 0.05) is 12.7 Å². The lowest BCUT2D eigenvalue weighted by Gasteiger charge is -2.37. The van der Waals surface area contributed by atoms with Crippen molar-refractivity contribution < 1.29 is 18.8 Å². The highest BCUT2D eigenvalue weighted by molar-refractivity contribution is 5.78. The number of rotatable bonds is 4. The van der Waals surface area contributed by atoms with Gasteiger partial charge in [0.05, 0.1) is 18.9 Å². The molecule has 2 aromatic rings. The minimum absolute atomic E-state index is 0.0813. The number of pyridine rings is 1. The van der Waals surface area contributed by atoms with Crippen molar-refractivity contribution in [3.63, 3.8) is 0 Å². The molecule has 1 aliphatic rings. The van der Waals surface area contributed by atoms with Gasteiger partial charge in [-0.3, -0.25) is 9.78 Å². The summed E-state index contributed by atoms with van der Waals surface area (Å²) in [6.45, 7) is 4.45. The summed E-state index contributed by atoms with van der Waals surface area (Å²) in [7, 11) is 0. The summed E-state index contributed by atoms with van der Waals surface area (Å²) in [4.78, 5) is 22.4. The first-order chi connectivity index (χ1) is 11.1. The van der Waals surface area contributed by atoms with Gasteiger partial charge in [0.1, 0.15) is 11.8 Å². The van der Waals surface area contributed by atoms with Gasteiger partial charge in [-0.05, 0) is 26.0 Å². The van der Waals surface area contributed by atoms with Crippen LogP contribution in [-0.4, -0.2) is 51.8 Å². The number of hydrogen-bond donors (Lipinski definition) is 0. The molecular formula is C15H18N4O4. The normalized spacial score (nSPS) is 21.2. The fraction of sp³-hybridized carbons (Fsp3) is 0.467. The molecule has 0 aromatic carbocycles. The van der Waals surface area contributed by atoms with Crippen LogP contribution in [0.4, 0.5) is 0 Å². The van der Waals surface area contributed by atoms with E-state index < -0.39 is 6.04 Å². The van der Waals surface area contributed by atoms with Gasteiger partial charge in [-0.15, -0.1) is 0 Å². The Kier molecular flexibility index (Phi) is 4.52. The molecule has 0 N–H and O–H groups in total. The largest absolute Gasteiger partial charge is 0.482 e. The number of amides is 1. The molecule has 1 fully saturated rings. The second-order valence-corrected chi connectivity index (χ2v) is 5.27. The number of hydrogen-bond acceptors (Lipinski definition) is 7. The molecule has 0 unspecified atom stereocenters. The maximum atomic E-state index is 12.5. The van der Waals surface area contributed by atoms with Crippen LogP contribution >= 0.6 is 0 Å². The predicted octanol–water partition coefficient (Wildman–Crippen LogP) is 1.14. The van der Waals surface area contributed by atoms with E-state index in [2.05, 4.69) is 15.1 Å². The Hall–Kier alpha value is -2.48. The molecule has 1 aliphatic heterocycles. The number of carbonyl (C=O) groups is 1. The Bertz CT molecular complexity index is 661. The summed E-state index contributed by atoms with van der Waals surface area (Å²) in [5.41, 5.74) is 0. The van der Waals surface area contributed by atoms with Crippen molar-refractivity contribution in [2.75, 3.05) is 19.8 Å². The average Bonchev–Trinajstić information content (AvgIpc) is 2.99. The quantitative estimate of drug-likeness (QED) is 0.835. The smallest absolute Gasteiger partial charge is 0.261 e. The van der Waals surface area contributed by atoms with Gasteiger partial charge in [-0.25, -0.2) is 0 Å². The van der Waals surface area contributed by atoms with Crippen molar-refractivity contribution in [3.8, 4) is 5.75 Å². The minimum Gasteiger partial charge on any atom is -0.482 e. The molecule has 122 valence electrons. The molecule has 3 rings (SSSR count). The molecule has 1 saturated heterocycles. The number of ether oxygens (including phenoxy) is 2. The Morgan fingerprint density at radius 1 is 1.52 bits per heavy atom. The zero-order valence-electron chi connectivity index (χ0n) is 13.0. The lowest BCUT2D eigenvalue weighted by atomic mass is 10.1. The van der Waals surface area contributed by atoms with Crippen LogP contribution in [0.5, 0.6) is 5.75 Å². The Labute approximate surface area is 133 Å². The van der Waals surface area contributed by atoms with E-state index in [0.717, 1.165) is 0 Å². The van der Waals surface area contributed by atoms with Crippen molar-refractivity contribution in [2.24, 2.45) is 0 Å². The monoisotopic (exact) mass is 318 g/mol. The Morgan fingerprint density at radius 3 is 3.09 bits per heavy atom. The highest BCUT2D eigenvalue weighted by Gasteiger charge is 2.37. The van der Waals surface area contributed by atoms with Crippen molar-refractivity contribution >= 4 is 5.91 Å². The lowest BCUT2D eigenvalue weighted by Crippen LogP contribution is -2.48. The third-order valence-corrected chi connectivity index (χ3v) is 3.61. The molecule has 0 spiro atoms. The van der Waals surface area contributed by atoms with Crippen molar-refractivity contribution in [3.05, 3.63) is 36.2 Å². The maximum Gasteiger partial charge on any atom is 0.261 e. The zero-order valence-corrected chi connectivity index (χ0v) is 13.0. The molecule has 0 aliphatic carbocycles. The van der Waals surface area contributed by atoms with Gasteiger partial charge in [-0.2, -0.15) is 4.98 Å². The molecule has 0 saturated carbocycles. The highest BCUT2D eigenvalue weighted by atomic mass is 16.5. The summed E-state index contributed by atoms with van der Waals surface area (Å²) >= 11 is 0. The molecule has 2 aromatic heterocycles. The third-order valence-electron chi connectivity index (χ3n) is 3.61. The third kappa shape index (κ3) is 3.48. The first-order valence-electron chi connectivity index (χ1n) is 7.39. The van der Waals surface area contributed by atoms with Gasteiger partial charge >= 0.3 is 0 Å². The lowest BCUT2D eigenvalue weighted by molar-refractivity contribution is -0.149. The molecule has 23 heavy (non-hydrogen) atoms. The second-order valence-electron chi connectivity index (χ2n) is 5.27. The van der Waals surface area contributed by atoms with Crippen LogP contribution in [0.2, 0.25) is 0 Å². The van der Waals surface area contributed by atoms with Crippen LogP contribution in [0.15, 0.2) is 29.0 Å². The van der Waals surface area contributed by atoms with Gasteiger partial charge in [-0.1, -0.05) is 5.16 Å². The van der Waals surface area contributed by atoms with Crippen LogP contribution in [0.1, 0.15) is 24.7 Å². The first-order valence-corrected chi connectivity index (χ1v) is 7.39. The molecular weight excluding hydrogens is 300 g/mol. The van der Waals surface area contributed by atoms with E-state index in [1.54, 1.807) is 36.4 Å². The van der Waals surface area contributed by atoms with E-state index in [1.165, 1.54) is 0 Å². The predicted molar refractivity (Wildman–Crippen MR) is 78.6 cm³/mol. The summed E-state index contributed by atoms with van der Waals surface area (Å²) in [6, 6.07) is 3.09. The molecule has 0 radical (unpaired) electrons. The van der Waals surface area contributed by atoms with E-state index in [0.29, 0.717) is 30.6 Å². The van der Waals surface area contributed by atoms with E-state index in [1.807, 2.05) is 6.92 Å². The van der Waals surface area contributed by atoms with Crippen LogP contribution in [-0.2, 0) is 9.53 Å². The van der Waals surface area contributed by atoms with Crippen molar-refractivity contribution in [2.45, 2.75) is 26.0 Å². The SMILES string of the molecule is Cc1noc([C@@H]2[C@@H](C)OCCN2C(=O)COc2cccnc2)n1. The summed E-state index contributed by atoms with van der Waals surface area (Å²) in [6.07, 6.45) is 2.98. The Morgan fingerprint density at radius 2 is 2.39 bits per heavy atom. The standard InChI is InChI=1S/C15H18N4O4/c1-10-14(15-17-11(2)18-23-15)19(6-7-21-10)13(20)9-22-12-4-3-5-16-8-12/h3-5,8,10,14H,6-7,9H2,1-2H3/t10-,14+/m1/s1. The van der Waals surface area contributed by atoms with E-state index in [4.69, 9.17) is 14.0 Å².